The van der Waals surface area contributed by atoms with Crippen molar-refractivity contribution >= 4 is 87.6 Å². The van der Waals surface area contributed by atoms with Gasteiger partial charge in [0.2, 0.25) is 27.2 Å². The minimum atomic E-state index is -3.19. The first kappa shape index (κ1) is 48.1. The van der Waals surface area contributed by atoms with Crippen molar-refractivity contribution in [1.82, 2.24) is 0 Å². The number of carbonyl (C=O) groups excluding carboxylic acids is 3. The fourth-order valence-electron chi connectivity index (χ4n) is 2.52. The maximum absolute atomic E-state index is 11.9. The van der Waals surface area contributed by atoms with Crippen LogP contribution >= 0.6 is 43.6 Å². The van der Waals surface area contributed by atoms with Gasteiger partial charge in [-0.2, -0.15) is 0 Å². The molecule has 3 aromatic carbocycles. The first-order chi connectivity index (χ1) is 21.0. The van der Waals surface area contributed by atoms with Gasteiger partial charge in [-0.25, -0.2) is 25.3 Å². The van der Waals surface area contributed by atoms with Crippen LogP contribution in [0.3, 0.4) is 0 Å². The third-order valence-electron chi connectivity index (χ3n) is 4.00. The van der Waals surface area contributed by atoms with E-state index in [1.165, 1.54) is 6.42 Å². The van der Waals surface area contributed by atoms with Crippen molar-refractivity contribution in [1.29, 1.82) is 0 Å². The molecule has 0 aliphatic heterocycles. The maximum Gasteiger partial charge on any atom is 0.252 e. The quantitative estimate of drug-likeness (QED) is 0.172. The lowest BCUT2D eigenvalue weighted by Gasteiger charge is -2.01. The number of rotatable bonds is 7. The first-order valence-corrected chi connectivity index (χ1v) is 21.6. The van der Waals surface area contributed by atoms with E-state index in [1.807, 2.05) is 42.5 Å². The number of benzene rings is 3. The molecule has 258 valence electrons. The zero-order chi connectivity index (χ0) is 36.4. The fourth-order valence-corrected chi connectivity index (χ4v) is 2.64. The second kappa shape index (κ2) is 26.7. The highest BCUT2D eigenvalue weighted by atomic mass is 35.7. The zero-order valence-electron chi connectivity index (χ0n) is 25.9. The van der Waals surface area contributed by atoms with Crippen LogP contribution in [-0.2, 0) is 27.2 Å². The lowest BCUT2D eigenvalue weighted by molar-refractivity contribution is 0.0956. The van der Waals surface area contributed by atoms with E-state index in [2.05, 4.69) is 45.9 Å². The molecule has 0 heterocycles. The Labute approximate surface area is 291 Å². The van der Waals surface area contributed by atoms with Gasteiger partial charge in [0.05, 0.1) is 18.8 Å². The molecular weight excluding hydrogens is 742 g/mol. The maximum atomic E-state index is 11.9. The average molecular weight is 781 g/mol. The summed E-state index contributed by atoms with van der Waals surface area (Å²) < 4.78 is 56.4. The number of halogens is 4. The molecule has 0 aliphatic carbocycles. The monoisotopic (exact) mass is 778 g/mol. The molecule has 46 heavy (non-hydrogen) atoms. The van der Waals surface area contributed by atoms with Gasteiger partial charge in [-0.3, -0.25) is 14.4 Å². The van der Waals surface area contributed by atoms with Crippen LogP contribution in [-0.4, -0.2) is 60.8 Å². The molecule has 0 saturated carbocycles. The zero-order valence-corrected chi connectivity index (χ0v) is 31.4. The van der Waals surface area contributed by atoms with E-state index in [9.17, 15) is 39.6 Å². The average Bonchev–Trinajstić information content (AvgIpc) is 2.92. The lowest BCUT2D eigenvalue weighted by Crippen LogP contribution is -2.02. The van der Waals surface area contributed by atoms with Gasteiger partial charge in [-0.05, 0) is 18.0 Å². The first-order valence-electron chi connectivity index (χ1n) is 13.1. The molecule has 3 rings (SSSR count). The molecule has 0 spiro atoms. The highest BCUT2D eigenvalue weighted by Gasteiger charge is 2.08. The third kappa shape index (κ3) is 43.8. The van der Waals surface area contributed by atoms with Gasteiger partial charge >= 0.3 is 0 Å². The summed E-state index contributed by atoms with van der Waals surface area (Å²) in [5, 5.41) is -0.407. The van der Waals surface area contributed by atoms with E-state index in [0.29, 0.717) is 24.8 Å². The molecule has 0 radical (unpaired) electrons. The summed E-state index contributed by atoms with van der Waals surface area (Å²) in [5.74, 6) is 0.197. The Morgan fingerprint density at radius 2 is 0.696 bits per heavy atom. The number of hydrogen-bond donors (Lipinski definition) is 0. The van der Waals surface area contributed by atoms with Crippen LogP contribution in [0.4, 0.5) is 0 Å². The summed E-state index contributed by atoms with van der Waals surface area (Å²) in [6.45, 7) is 4.25. The van der Waals surface area contributed by atoms with Crippen LogP contribution in [0.5, 0.6) is 0 Å². The standard InChI is InChI=1S/C17H16O2.C7H5ClO.C3H8.3CH3ClO2S/c18-16(14-8-3-1-4-9-14)12-7-13-17(19)15-10-5-2-6-11-15;8-7(9)6-4-2-1-3-5-6;1-3-2;3*1-5(2,3)4/h1-6,8-11H,7,12-13H2;1-5H;3H2,1-2H3;3*1H3. The Morgan fingerprint density at radius 3 is 0.870 bits per heavy atom. The van der Waals surface area contributed by atoms with Crippen molar-refractivity contribution in [2.75, 3.05) is 18.8 Å². The Kier molecular flexibility index (Phi) is 27.9. The van der Waals surface area contributed by atoms with Crippen LogP contribution in [0.1, 0.15) is 70.6 Å². The van der Waals surface area contributed by atoms with E-state index in [1.54, 1.807) is 48.5 Å². The van der Waals surface area contributed by atoms with Crippen LogP contribution in [0.2, 0.25) is 0 Å². The van der Waals surface area contributed by atoms with Gasteiger partial charge in [0, 0.05) is 61.6 Å². The molecule has 0 fully saturated rings. The van der Waals surface area contributed by atoms with Crippen molar-refractivity contribution in [2.24, 2.45) is 0 Å². The summed E-state index contributed by atoms with van der Waals surface area (Å²) in [5.41, 5.74) is 1.98. The van der Waals surface area contributed by atoms with E-state index < -0.39 is 32.4 Å². The van der Waals surface area contributed by atoms with Crippen LogP contribution in [0.25, 0.3) is 0 Å². The van der Waals surface area contributed by atoms with Gasteiger partial charge in [-0.1, -0.05) is 111 Å². The molecule has 0 aliphatic rings. The van der Waals surface area contributed by atoms with E-state index in [4.69, 9.17) is 11.6 Å². The lowest BCUT2D eigenvalue weighted by atomic mass is 10.0. The largest absolute Gasteiger partial charge is 0.294 e. The molecule has 0 N–H and O–H groups in total. The van der Waals surface area contributed by atoms with Gasteiger partial charge in [-0.15, -0.1) is 0 Å². The van der Waals surface area contributed by atoms with Gasteiger partial charge in [0.15, 0.2) is 11.6 Å². The number of hydrogen-bond acceptors (Lipinski definition) is 9. The molecule has 0 unspecified atom stereocenters. The summed E-state index contributed by atoms with van der Waals surface area (Å²) in [6.07, 6.45) is 5.46. The van der Waals surface area contributed by atoms with Gasteiger partial charge in [0.1, 0.15) is 0 Å². The number of ketones is 2. The topological polar surface area (TPSA) is 154 Å². The SMILES string of the molecule is CCC.CS(=O)(=O)Cl.CS(=O)(=O)Cl.CS(=O)(=O)Cl.O=C(CCCC(=O)c1ccccc1)c1ccccc1.O=C(Cl)c1ccccc1. The second-order valence-electron chi connectivity index (χ2n) is 8.82. The van der Waals surface area contributed by atoms with Crippen molar-refractivity contribution in [2.45, 2.75) is 39.5 Å². The van der Waals surface area contributed by atoms with Crippen LogP contribution in [0, 0.1) is 0 Å². The molecule has 16 heteroatoms. The molecule has 0 bridgehead atoms. The minimum Gasteiger partial charge on any atom is -0.294 e. The summed E-state index contributed by atoms with van der Waals surface area (Å²) >= 11 is 5.16. The van der Waals surface area contributed by atoms with E-state index in [-0.39, 0.29) is 11.6 Å². The summed E-state index contributed by atoms with van der Waals surface area (Å²) in [4.78, 5) is 34.1. The molecule has 9 nitrogen and oxygen atoms in total. The summed E-state index contributed by atoms with van der Waals surface area (Å²) in [7, 11) is 3.92. The van der Waals surface area contributed by atoms with E-state index in [0.717, 1.165) is 29.9 Å². The molecular formula is C30H38Cl4O9S3. The van der Waals surface area contributed by atoms with Crippen molar-refractivity contribution in [3.63, 3.8) is 0 Å². The predicted octanol–water partition coefficient (Wildman–Crippen LogP) is 7.96. The Hall–Kier alpha value is -2.32. The highest BCUT2D eigenvalue weighted by Crippen LogP contribution is 2.10. The fraction of sp³-hybridized carbons (Fsp3) is 0.300. The van der Waals surface area contributed by atoms with Gasteiger partial charge < -0.3 is 0 Å². The van der Waals surface area contributed by atoms with Gasteiger partial charge in [0.25, 0.3) is 5.24 Å². The Morgan fingerprint density at radius 1 is 0.500 bits per heavy atom. The Bertz CT molecular complexity index is 1450. The molecule has 0 atom stereocenters. The summed E-state index contributed by atoms with van der Waals surface area (Å²) in [6, 6.07) is 27.1. The van der Waals surface area contributed by atoms with Crippen LogP contribution < -0.4 is 0 Å². The molecule has 3 aromatic rings. The second-order valence-corrected chi connectivity index (χ2v) is 18.3. The smallest absolute Gasteiger partial charge is 0.252 e. The van der Waals surface area contributed by atoms with Crippen molar-refractivity contribution in [3.8, 4) is 0 Å². The van der Waals surface area contributed by atoms with Crippen LogP contribution in [0.15, 0.2) is 91.0 Å². The normalized spacial score (nSPS) is 10.1. The van der Waals surface area contributed by atoms with Crippen molar-refractivity contribution < 1.29 is 39.6 Å². The predicted molar refractivity (Wildman–Crippen MR) is 190 cm³/mol. The van der Waals surface area contributed by atoms with E-state index >= 15 is 0 Å². The molecule has 0 amide bonds. The highest BCUT2D eigenvalue weighted by molar-refractivity contribution is 8.13. The molecule has 0 aromatic heterocycles. The minimum absolute atomic E-state index is 0.0986. The number of carbonyl (C=O) groups is 3. The molecule has 0 saturated heterocycles. The third-order valence-corrected chi connectivity index (χ3v) is 4.22. The number of Topliss-reactive ketones (excluding diaryl/α,β-unsaturated/α-hetero) is 2. The Balaban J connectivity index is -0.000000569. The van der Waals surface area contributed by atoms with Crippen molar-refractivity contribution in [3.05, 3.63) is 108 Å².